The van der Waals surface area contributed by atoms with E-state index < -0.39 is 5.97 Å². The SMILES string of the molecule is Cc1cc(C(=O)O)cc(-n2ccnc2C#N)n1. The minimum absolute atomic E-state index is 0.130. The summed E-state index contributed by atoms with van der Waals surface area (Å²) in [5.74, 6) is -0.494. The molecule has 0 spiro atoms. The third kappa shape index (κ3) is 1.99. The standard InChI is InChI=1S/C11H8N4O2/c1-7-4-8(11(16)17)5-9(14-7)15-3-2-13-10(15)6-12/h2-5H,1H3,(H,16,17). The Morgan fingerprint density at radius 3 is 2.94 bits per heavy atom. The molecule has 2 aromatic rings. The topological polar surface area (TPSA) is 91.8 Å². The molecule has 0 bridgehead atoms. The highest BCUT2D eigenvalue weighted by Crippen LogP contribution is 2.12. The number of carbonyl (C=O) groups is 1. The van der Waals surface area contributed by atoms with Crippen LogP contribution in [-0.2, 0) is 0 Å². The lowest BCUT2D eigenvalue weighted by molar-refractivity contribution is 0.0696. The predicted octanol–water partition coefficient (Wildman–Crippen LogP) is 1.15. The molecule has 0 aromatic carbocycles. The number of aryl methyl sites for hydroxylation is 1. The van der Waals surface area contributed by atoms with E-state index in [9.17, 15) is 4.79 Å². The highest BCUT2D eigenvalue weighted by Gasteiger charge is 2.10. The van der Waals surface area contributed by atoms with Gasteiger partial charge in [-0.05, 0) is 19.1 Å². The maximum absolute atomic E-state index is 10.9. The molecule has 17 heavy (non-hydrogen) atoms. The van der Waals surface area contributed by atoms with E-state index in [1.54, 1.807) is 13.1 Å². The number of imidazole rings is 1. The lowest BCUT2D eigenvalue weighted by Crippen LogP contribution is -2.05. The van der Waals surface area contributed by atoms with Crippen LogP contribution < -0.4 is 0 Å². The number of hydrogen-bond acceptors (Lipinski definition) is 4. The van der Waals surface area contributed by atoms with Gasteiger partial charge < -0.3 is 5.11 Å². The van der Waals surface area contributed by atoms with Crippen molar-refractivity contribution >= 4 is 5.97 Å². The number of nitrogens with zero attached hydrogens (tertiary/aromatic N) is 4. The fourth-order valence-corrected chi connectivity index (χ4v) is 1.47. The van der Waals surface area contributed by atoms with Gasteiger partial charge in [0.25, 0.3) is 0 Å². The molecule has 0 unspecified atom stereocenters. The van der Waals surface area contributed by atoms with Crippen LogP contribution in [0.1, 0.15) is 21.9 Å². The number of rotatable bonds is 2. The van der Waals surface area contributed by atoms with E-state index in [2.05, 4.69) is 9.97 Å². The van der Waals surface area contributed by atoms with Gasteiger partial charge in [0, 0.05) is 18.1 Å². The van der Waals surface area contributed by atoms with Gasteiger partial charge in [0.15, 0.2) is 0 Å². The van der Waals surface area contributed by atoms with Crippen molar-refractivity contribution in [2.75, 3.05) is 0 Å². The average molecular weight is 228 g/mol. The van der Waals surface area contributed by atoms with Gasteiger partial charge in [-0.3, -0.25) is 4.57 Å². The Labute approximate surface area is 96.8 Å². The van der Waals surface area contributed by atoms with Gasteiger partial charge in [0.05, 0.1) is 5.56 Å². The molecule has 1 N–H and O–H groups in total. The summed E-state index contributed by atoms with van der Waals surface area (Å²) in [4.78, 5) is 18.9. The normalized spacial score (nSPS) is 9.88. The number of carboxylic acids is 1. The molecule has 84 valence electrons. The smallest absolute Gasteiger partial charge is 0.335 e. The van der Waals surface area contributed by atoms with E-state index in [4.69, 9.17) is 10.4 Å². The van der Waals surface area contributed by atoms with Crippen LogP contribution in [0.4, 0.5) is 0 Å². The van der Waals surface area contributed by atoms with E-state index in [-0.39, 0.29) is 11.4 Å². The summed E-state index contributed by atoms with van der Waals surface area (Å²) in [5.41, 5.74) is 0.697. The van der Waals surface area contributed by atoms with Crippen LogP contribution in [0.15, 0.2) is 24.5 Å². The predicted molar refractivity (Wildman–Crippen MR) is 57.8 cm³/mol. The maximum Gasteiger partial charge on any atom is 0.335 e. The van der Waals surface area contributed by atoms with Crippen molar-refractivity contribution in [2.45, 2.75) is 6.92 Å². The van der Waals surface area contributed by atoms with E-state index >= 15 is 0 Å². The zero-order valence-electron chi connectivity index (χ0n) is 8.95. The zero-order chi connectivity index (χ0) is 12.4. The van der Waals surface area contributed by atoms with Gasteiger partial charge in [-0.1, -0.05) is 0 Å². The summed E-state index contributed by atoms with van der Waals surface area (Å²) < 4.78 is 1.44. The number of hydrogen-bond donors (Lipinski definition) is 1. The van der Waals surface area contributed by atoms with Crippen molar-refractivity contribution < 1.29 is 9.90 Å². The second-order valence-electron chi connectivity index (χ2n) is 3.39. The van der Waals surface area contributed by atoms with Crippen LogP contribution in [0.3, 0.4) is 0 Å². The Hall–Kier alpha value is -2.68. The number of carboxylic acid groups (broad SMARTS) is 1. The molecular formula is C11H8N4O2. The molecule has 6 heteroatoms. The van der Waals surface area contributed by atoms with Gasteiger partial charge in [-0.25, -0.2) is 14.8 Å². The van der Waals surface area contributed by atoms with Crippen molar-refractivity contribution in [3.63, 3.8) is 0 Å². The lowest BCUT2D eigenvalue weighted by atomic mass is 10.2. The number of pyridine rings is 1. The third-order valence-electron chi connectivity index (χ3n) is 2.17. The minimum Gasteiger partial charge on any atom is -0.478 e. The van der Waals surface area contributed by atoms with Crippen molar-refractivity contribution in [1.29, 1.82) is 5.26 Å². The lowest BCUT2D eigenvalue weighted by Gasteiger charge is -2.05. The Morgan fingerprint density at radius 1 is 1.53 bits per heavy atom. The van der Waals surface area contributed by atoms with E-state index in [0.717, 1.165) is 0 Å². The molecule has 0 saturated carbocycles. The quantitative estimate of drug-likeness (QED) is 0.832. The number of nitriles is 1. The fourth-order valence-electron chi connectivity index (χ4n) is 1.47. The first-order valence-corrected chi connectivity index (χ1v) is 4.77. The Balaban J connectivity index is 2.61. The summed E-state index contributed by atoms with van der Waals surface area (Å²) in [6, 6.07) is 4.77. The number of aromatic carboxylic acids is 1. The summed E-state index contributed by atoms with van der Waals surface area (Å²) in [6.45, 7) is 1.69. The molecule has 0 amide bonds. The average Bonchev–Trinajstić information content (AvgIpc) is 2.76. The second kappa shape index (κ2) is 4.06. The Morgan fingerprint density at radius 2 is 2.29 bits per heavy atom. The monoisotopic (exact) mass is 228 g/mol. The van der Waals surface area contributed by atoms with Crippen molar-refractivity contribution in [1.82, 2.24) is 14.5 Å². The highest BCUT2D eigenvalue weighted by atomic mass is 16.4. The van der Waals surface area contributed by atoms with Gasteiger partial charge in [-0.15, -0.1) is 0 Å². The third-order valence-corrected chi connectivity index (χ3v) is 2.17. The Bertz CT molecular complexity index is 625. The maximum atomic E-state index is 10.9. The highest BCUT2D eigenvalue weighted by molar-refractivity contribution is 5.88. The van der Waals surface area contributed by atoms with Crippen molar-refractivity contribution in [2.24, 2.45) is 0 Å². The first-order chi connectivity index (χ1) is 8.11. The first kappa shape index (κ1) is 10.8. The van der Waals surface area contributed by atoms with Crippen LogP contribution in [0.2, 0.25) is 0 Å². The molecule has 0 atom stereocenters. The fraction of sp³-hybridized carbons (Fsp3) is 0.0909. The van der Waals surface area contributed by atoms with Crippen LogP contribution in [0.5, 0.6) is 0 Å². The second-order valence-corrected chi connectivity index (χ2v) is 3.39. The molecule has 0 aliphatic rings. The summed E-state index contributed by atoms with van der Waals surface area (Å²) >= 11 is 0. The Kier molecular flexibility index (Phi) is 2.58. The number of aromatic nitrogens is 3. The van der Waals surface area contributed by atoms with E-state index in [0.29, 0.717) is 11.5 Å². The van der Waals surface area contributed by atoms with Crippen molar-refractivity contribution in [3.8, 4) is 11.9 Å². The summed E-state index contributed by atoms with van der Waals surface area (Å²) in [6.07, 6.45) is 3.02. The minimum atomic E-state index is -1.03. The first-order valence-electron chi connectivity index (χ1n) is 4.77. The van der Waals surface area contributed by atoms with Gasteiger partial charge >= 0.3 is 5.97 Å². The van der Waals surface area contributed by atoms with Crippen LogP contribution >= 0.6 is 0 Å². The molecule has 2 heterocycles. The molecule has 0 aliphatic heterocycles. The van der Waals surface area contributed by atoms with E-state index in [1.807, 2.05) is 6.07 Å². The molecule has 0 radical (unpaired) electrons. The summed E-state index contributed by atoms with van der Waals surface area (Å²) in [5, 5.41) is 17.8. The molecule has 0 aliphatic carbocycles. The van der Waals surface area contributed by atoms with Gasteiger partial charge in [0.2, 0.25) is 5.82 Å². The molecular weight excluding hydrogens is 220 g/mol. The van der Waals surface area contributed by atoms with Gasteiger partial charge in [0.1, 0.15) is 11.9 Å². The van der Waals surface area contributed by atoms with Crippen LogP contribution in [0, 0.1) is 18.3 Å². The van der Waals surface area contributed by atoms with Crippen molar-refractivity contribution in [3.05, 3.63) is 41.6 Å². The largest absolute Gasteiger partial charge is 0.478 e. The summed E-state index contributed by atoms with van der Waals surface area (Å²) in [7, 11) is 0. The van der Waals surface area contributed by atoms with Crippen LogP contribution in [-0.4, -0.2) is 25.6 Å². The molecule has 6 nitrogen and oxygen atoms in total. The molecule has 2 aromatic heterocycles. The van der Waals surface area contributed by atoms with Gasteiger partial charge in [-0.2, -0.15) is 5.26 Å². The molecule has 0 fully saturated rings. The molecule has 2 rings (SSSR count). The molecule has 0 saturated heterocycles. The van der Waals surface area contributed by atoms with E-state index in [1.165, 1.54) is 22.9 Å². The zero-order valence-corrected chi connectivity index (χ0v) is 8.95. The van der Waals surface area contributed by atoms with Crippen LogP contribution in [0.25, 0.3) is 5.82 Å².